The Labute approximate surface area is 113 Å². The molecule has 1 atom stereocenters. The van der Waals surface area contributed by atoms with Gasteiger partial charge in [0.05, 0.1) is 6.10 Å². The lowest BCUT2D eigenvalue weighted by molar-refractivity contribution is 0.0316. The highest BCUT2D eigenvalue weighted by molar-refractivity contribution is 4.72. The molecule has 1 aliphatic heterocycles. The molecular weight excluding hydrogens is 224 g/mol. The molecule has 0 aromatic rings. The zero-order valence-electron chi connectivity index (χ0n) is 12.7. The van der Waals surface area contributed by atoms with E-state index in [2.05, 4.69) is 38.3 Å². The van der Waals surface area contributed by atoms with Crippen LogP contribution < -0.4 is 10.6 Å². The fourth-order valence-corrected chi connectivity index (χ4v) is 2.03. The maximum atomic E-state index is 5.88. The van der Waals surface area contributed by atoms with Crippen molar-refractivity contribution in [1.29, 1.82) is 0 Å². The Bertz CT molecular complexity index is 207. The Morgan fingerprint density at radius 2 is 1.94 bits per heavy atom. The zero-order valence-corrected chi connectivity index (χ0v) is 12.7. The van der Waals surface area contributed by atoms with Gasteiger partial charge in [0.1, 0.15) is 0 Å². The minimum absolute atomic E-state index is 0.401. The highest BCUT2D eigenvalue weighted by atomic mass is 16.5. The Morgan fingerprint density at radius 1 is 1.28 bits per heavy atom. The number of piperidine rings is 1. The first-order chi connectivity index (χ1) is 8.50. The summed E-state index contributed by atoms with van der Waals surface area (Å²) < 4.78 is 5.88. The van der Waals surface area contributed by atoms with E-state index in [-0.39, 0.29) is 0 Å². The van der Waals surface area contributed by atoms with Gasteiger partial charge in [-0.25, -0.2) is 0 Å². The molecule has 0 bridgehead atoms. The van der Waals surface area contributed by atoms with Gasteiger partial charge in [-0.1, -0.05) is 27.7 Å². The second-order valence-electron chi connectivity index (χ2n) is 6.64. The Kier molecular flexibility index (Phi) is 7.20. The van der Waals surface area contributed by atoms with Crippen molar-refractivity contribution in [2.45, 2.75) is 53.1 Å². The molecule has 108 valence electrons. The molecule has 0 spiro atoms. The second-order valence-corrected chi connectivity index (χ2v) is 6.64. The van der Waals surface area contributed by atoms with Gasteiger partial charge < -0.3 is 15.4 Å². The Hall–Kier alpha value is -0.120. The average molecular weight is 256 g/mol. The lowest BCUT2D eigenvalue weighted by Crippen LogP contribution is -2.33. The SMILES string of the molecule is CC(CNCCCOC1CCNCC1)C(C)(C)C. The van der Waals surface area contributed by atoms with Crippen LogP contribution in [-0.2, 0) is 4.74 Å². The highest BCUT2D eigenvalue weighted by Gasteiger charge is 2.19. The van der Waals surface area contributed by atoms with Crippen molar-refractivity contribution in [3.8, 4) is 0 Å². The van der Waals surface area contributed by atoms with Crippen molar-refractivity contribution in [2.75, 3.05) is 32.8 Å². The lowest BCUT2D eigenvalue weighted by Gasteiger charge is -2.27. The zero-order chi connectivity index (χ0) is 13.4. The highest BCUT2D eigenvalue weighted by Crippen LogP contribution is 2.24. The van der Waals surface area contributed by atoms with Gasteiger partial charge in [0.2, 0.25) is 0 Å². The fraction of sp³-hybridized carbons (Fsp3) is 1.00. The topological polar surface area (TPSA) is 33.3 Å². The molecule has 2 N–H and O–H groups in total. The third kappa shape index (κ3) is 6.72. The summed E-state index contributed by atoms with van der Waals surface area (Å²) in [5, 5.41) is 6.90. The predicted molar refractivity (Wildman–Crippen MR) is 77.9 cm³/mol. The van der Waals surface area contributed by atoms with Crippen LogP contribution in [0.5, 0.6) is 0 Å². The first-order valence-electron chi connectivity index (χ1n) is 7.53. The third-order valence-corrected chi connectivity index (χ3v) is 4.07. The van der Waals surface area contributed by atoms with Gasteiger partial charge in [-0.15, -0.1) is 0 Å². The average Bonchev–Trinajstić information content (AvgIpc) is 2.33. The van der Waals surface area contributed by atoms with Gasteiger partial charge in [0.25, 0.3) is 0 Å². The lowest BCUT2D eigenvalue weighted by atomic mass is 9.82. The first-order valence-corrected chi connectivity index (χ1v) is 7.53. The molecule has 1 saturated heterocycles. The summed E-state index contributed by atoms with van der Waals surface area (Å²) in [6.07, 6.45) is 3.98. The third-order valence-electron chi connectivity index (χ3n) is 4.07. The molecule has 0 aliphatic carbocycles. The summed E-state index contributed by atoms with van der Waals surface area (Å²) in [7, 11) is 0. The summed E-state index contributed by atoms with van der Waals surface area (Å²) >= 11 is 0. The fourth-order valence-electron chi connectivity index (χ4n) is 2.03. The summed E-state index contributed by atoms with van der Waals surface area (Å²) in [5.74, 6) is 0.711. The largest absolute Gasteiger partial charge is 0.378 e. The smallest absolute Gasteiger partial charge is 0.0599 e. The summed E-state index contributed by atoms with van der Waals surface area (Å²) in [5.41, 5.74) is 0.401. The standard InChI is InChI=1S/C15H32N2O/c1-13(15(2,3)4)12-17-8-5-11-18-14-6-9-16-10-7-14/h13-14,16-17H,5-12H2,1-4H3. The summed E-state index contributed by atoms with van der Waals surface area (Å²) in [4.78, 5) is 0. The molecule has 1 aliphatic rings. The predicted octanol–water partition coefficient (Wildman–Crippen LogP) is 2.42. The Morgan fingerprint density at radius 3 is 2.56 bits per heavy atom. The Balaban J connectivity index is 1.92. The molecule has 0 radical (unpaired) electrons. The van der Waals surface area contributed by atoms with Crippen LogP contribution in [0.25, 0.3) is 0 Å². The minimum atomic E-state index is 0.401. The van der Waals surface area contributed by atoms with Crippen molar-refractivity contribution >= 4 is 0 Å². The molecule has 1 fully saturated rings. The van der Waals surface area contributed by atoms with Crippen LogP contribution in [0.1, 0.15) is 47.0 Å². The van der Waals surface area contributed by atoms with Gasteiger partial charge in [-0.3, -0.25) is 0 Å². The van der Waals surface area contributed by atoms with Crippen LogP contribution in [0.4, 0.5) is 0 Å². The van der Waals surface area contributed by atoms with Gasteiger partial charge in [-0.2, -0.15) is 0 Å². The van der Waals surface area contributed by atoms with Gasteiger partial charge in [0.15, 0.2) is 0 Å². The molecule has 1 heterocycles. The normalized spacial score (nSPS) is 20.0. The number of hydrogen-bond donors (Lipinski definition) is 2. The maximum Gasteiger partial charge on any atom is 0.0599 e. The first kappa shape index (κ1) is 15.9. The van der Waals surface area contributed by atoms with Crippen LogP contribution in [-0.4, -0.2) is 38.9 Å². The van der Waals surface area contributed by atoms with Crippen molar-refractivity contribution in [2.24, 2.45) is 11.3 Å². The number of nitrogens with one attached hydrogen (secondary N) is 2. The maximum absolute atomic E-state index is 5.88. The van der Waals surface area contributed by atoms with Crippen LogP contribution in [0, 0.1) is 11.3 Å². The van der Waals surface area contributed by atoms with Crippen LogP contribution in [0.2, 0.25) is 0 Å². The van der Waals surface area contributed by atoms with E-state index in [0.29, 0.717) is 17.4 Å². The number of hydrogen-bond acceptors (Lipinski definition) is 3. The van der Waals surface area contributed by atoms with E-state index in [9.17, 15) is 0 Å². The molecule has 0 saturated carbocycles. The monoisotopic (exact) mass is 256 g/mol. The van der Waals surface area contributed by atoms with Gasteiger partial charge >= 0.3 is 0 Å². The molecule has 18 heavy (non-hydrogen) atoms. The molecule has 3 heteroatoms. The van der Waals surface area contributed by atoms with Crippen molar-refractivity contribution in [3.63, 3.8) is 0 Å². The van der Waals surface area contributed by atoms with E-state index in [1.165, 1.54) is 12.8 Å². The minimum Gasteiger partial charge on any atom is -0.378 e. The summed E-state index contributed by atoms with van der Waals surface area (Å²) in [6.45, 7) is 14.6. The molecular formula is C15H32N2O. The number of rotatable bonds is 7. The van der Waals surface area contributed by atoms with Gasteiger partial charge in [-0.05, 0) is 56.8 Å². The molecule has 0 amide bonds. The van der Waals surface area contributed by atoms with E-state index < -0.39 is 0 Å². The van der Waals surface area contributed by atoms with Crippen LogP contribution >= 0.6 is 0 Å². The van der Waals surface area contributed by atoms with Crippen molar-refractivity contribution < 1.29 is 4.74 Å². The van der Waals surface area contributed by atoms with Gasteiger partial charge in [0, 0.05) is 6.61 Å². The number of ether oxygens (including phenoxy) is 1. The van der Waals surface area contributed by atoms with E-state index in [0.717, 1.165) is 39.2 Å². The van der Waals surface area contributed by atoms with Crippen LogP contribution in [0.3, 0.4) is 0 Å². The van der Waals surface area contributed by atoms with E-state index in [4.69, 9.17) is 4.74 Å². The molecule has 1 unspecified atom stereocenters. The molecule has 1 rings (SSSR count). The second kappa shape index (κ2) is 8.13. The van der Waals surface area contributed by atoms with E-state index >= 15 is 0 Å². The summed E-state index contributed by atoms with van der Waals surface area (Å²) in [6, 6.07) is 0. The van der Waals surface area contributed by atoms with Crippen molar-refractivity contribution in [1.82, 2.24) is 10.6 Å². The van der Waals surface area contributed by atoms with E-state index in [1.807, 2.05) is 0 Å². The van der Waals surface area contributed by atoms with E-state index in [1.54, 1.807) is 0 Å². The van der Waals surface area contributed by atoms with Crippen LogP contribution in [0.15, 0.2) is 0 Å². The molecule has 0 aromatic heterocycles. The quantitative estimate of drug-likeness (QED) is 0.686. The molecule has 3 nitrogen and oxygen atoms in total. The van der Waals surface area contributed by atoms with Crippen molar-refractivity contribution in [3.05, 3.63) is 0 Å². The molecule has 0 aromatic carbocycles.